The third-order valence-corrected chi connectivity index (χ3v) is 1.97. The number of hydrogen-bond acceptors (Lipinski definition) is 3. The van der Waals surface area contributed by atoms with E-state index in [0.717, 1.165) is 19.4 Å². The summed E-state index contributed by atoms with van der Waals surface area (Å²) in [4.78, 5) is 13.0. The Balaban J connectivity index is 2.20. The van der Waals surface area contributed by atoms with Gasteiger partial charge in [0, 0.05) is 0 Å². The second kappa shape index (κ2) is 3.72. The van der Waals surface area contributed by atoms with Crippen LogP contribution in [0.5, 0.6) is 0 Å². The van der Waals surface area contributed by atoms with E-state index < -0.39 is 0 Å². The molecular weight excluding hydrogens is 142 g/mol. The van der Waals surface area contributed by atoms with Gasteiger partial charge in [-0.15, -0.1) is 0 Å². The van der Waals surface area contributed by atoms with Crippen molar-refractivity contribution >= 4 is 5.97 Å². The standard InChI is InChI=1S/C8H15NO2/c1-9(2)5-3-7-4-6-11-8(7)10/h7H,3-6H2,1-2H3. The molecule has 1 aliphatic heterocycles. The normalized spacial score (nSPS) is 24.3. The minimum absolute atomic E-state index is 0.00755. The Hall–Kier alpha value is -0.570. The molecule has 1 rings (SSSR count). The van der Waals surface area contributed by atoms with Gasteiger partial charge in [-0.25, -0.2) is 0 Å². The number of nitrogens with zero attached hydrogens (tertiary/aromatic N) is 1. The smallest absolute Gasteiger partial charge is 0.309 e. The highest BCUT2D eigenvalue weighted by Crippen LogP contribution is 2.17. The number of carbonyl (C=O) groups is 1. The maximum Gasteiger partial charge on any atom is 0.309 e. The molecule has 11 heavy (non-hydrogen) atoms. The van der Waals surface area contributed by atoms with E-state index in [1.807, 2.05) is 14.1 Å². The highest BCUT2D eigenvalue weighted by atomic mass is 16.5. The summed E-state index contributed by atoms with van der Waals surface area (Å²) in [7, 11) is 4.03. The molecule has 0 radical (unpaired) electrons. The highest BCUT2D eigenvalue weighted by molar-refractivity contribution is 5.74. The quantitative estimate of drug-likeness (QED) is 0.559. The van der Waals surface area contributed by atoms with E-state index in [-0.39, 0.29) is 11.9 Å². The molecule has 1 saturated heterocycles. The van der Waals surface area contributed by atoms with Crippen LogP contribution in [0.4, 0.5) is 0 Å². The molecule has 0 amide bonds. The summed E-state index contributed by atoms with van der Waals surface area (Å²) in [6, 6.07) is 0. The Kier molecular flexibility index (Phi) is 2.88. The Morgan fingerprint density at radius 3 is 2.82 bits per heavy atom. The van der Waals surface area contributed by atoms with Gasteiger partial charge >= 0.3 is 5.97 Å². The fraction of sp³-hybridized carbons (Fsp3) is 0.875. The summed E-state index contributed by atoms with van der Waals surface area (Å²) in [5.41, 5.74) is 0. The Morgan fingerprint density at radius 2 is 2.36 bits per heavy atom. The molecule has 0 aromatic rings. The molecule has 64 valence electrons. The van der Waals surface area contributed by atoms with Gasteiger partial charge in [-0.05, 0) is 33.5 Å². The van der Waals surface area contributed by atoms with E-state index in [1.165, 1.54) is 0 Å². The second-order valence-corrected chi connectivity index (χ2v) is 3.25. The molecule has 0 saturated carbocycles. The lowest BCUT2D eigenvalue weighted by atomic mass is 10.0. The lowest BCUT2D eigenvalue weighted by Gasteiger charge is -2.10. The summed E-state index contributed by atoms with van der Waals surface area (Å²) in [5, 5.41) is 0. The minimum atomic E-state index is -0.00755. The zero-order chi connectivity index (χ0) is 8.27. The fourth-order valence-corrected chi connectivity index (χ4v) is 1.21. The number of carbonyl (C=O) groups excluding carboxylic acids is 1. The first-order valence-electron chi connectivity index (χ1n) is 4.01. The molecule has 0 spiro atoms. The minimum Gasteiger partial charge on any atom is -0.465 e. The maximum atomic E-state index is 10.9. The van der Waals surface area contributed by atoms with E-state index in [2.05, 4.69) is 4.90 Å². The van der Waals surface area contributed by atoms with Crippen LogP contribution in [0.25, 0.3) is 0 Å². The van der Waals surface area contributed by atoms with Crippen LogP contribution in [0, 0.1) is 5.92 Å². The van der Waals surface area contributed by atoms with Crippen molar-refractivity contribution in [3.8, 4) is 0 Å². The predicted octanol–water partition coefficient (Wildman–Crippen LogP) is 0.501. The van der Waals surface area contributed by atoms with Gasteiger partial charge in [-0.2, -0.15) is 0 Å². The van der Waals surface area contributed by atoms with Crippen molar-refractivity contribution in [2.45, 2.75) is 12.8 Å². The zero-order valence-corrected chi connectivity index (χ0v) is 7.17. The van der Waals surface area contributed by atoms with Gasteiger partial charge in [0.2, 0.25) is 0 Å². The number of cyclic esters (lactones) is 1. The molecule has 1 heterocycles. The van der Waals surface area contributed by atoms with Gasteiger partial charge in [-0.1, -0.05) is 0 Å². The van der Waals surface area contributed by atoms with Crippen molar-refractivity contribution in [2.75, 3.05) is 27.2 Å². The first-order valence-corrected chi connectivity index (χ1v) is 4.01. The van der Waals surface area contributed by atoms with Crippen molar-refractivity contribution in [3.63, 3.8) is 0 Å². The molecule has 3 nitrogen and oxygen atoms in total. The Bertz CT molecular complexity index is 145. The van der Waals surface area contributed by atoms with Gasteiger partial charge in [0.15, 0.2) is 0 Å². The summed E-state index contributed by atoms with van der Waals surface area (Å²) in [6.07, 6.45) is 1.85. The summed E-state index contributed by atoms with van der Waals surface area (Å²) in [6.45, 7) is 1.59. The van der Waals surface area contributed by atoms with Crippen LogP contribution in [0.15, 0.2) is 0 Å². The molecular formula is C8H15NO2. The second-order valence-electron chi connectivity index (χ2n) is 3.25. The maximum absolute atomic E-state index is 10.9. The van der Waals surface area contributed by atoms with E-state index in [4.69, 9.17) is 4.74 Å². The van der Waals surface area contributed by atoms with Crippen molar-refractivity contribution in [2.24, 2.45) is 5.92 Å². The zero-order valence-electron chi connectivity index (χ0n) is 7.17. The number of rotatable bonds is 3. The number of esters is 1. The summed E-state index contributed by atoms with van der Waals surface area (Å²) in [5.74, 6) is 0.157. The van der Waals surface area contributed by atoms with Gasteiger partial charge < -0.3 is 9.64 Å². The van der Waals surface area contributed by atoms with Crippen LogP contribution < -0.4 is 0 Å². The predicted molar refractivity (Wildman–Crippen MR) is 42.2 cm³/mol. The lowest BCUT2D eigenvalue weighted by molar-refractivity contribution is -0.141. The van der Waals surface area contributed by atoms with Crippen molar-refractivity contribution in [1.29, 1.82) is 0 Å². The van der Waals surface area contributed by atoms with Crippen LogP contribution >= 0.6 is 0 Å². The molecule has 0 aliphatic carbocycles. The molecule has 1 aliphatic rings. The molecule has 1 fully saturated rings. The average molecular weight is 157 g/mol. The van der Waals surface area contributed by atoms with Crippen LogP contribution in [-0.4, -0.2) is 38.1 Å². The van der Waals surface area contributed by atoms with Gasteiger partial charge in [-0.3, -0.25) is 4.79 Å². The van der Waals surface area contributed by atoms with E-state index in [1.54, 1.807) is 0 Å². The third kappa shape index (κ3) is 2.50. The van der Waals surface area contributed by atoms with Gasteiger partial charge in [0.1, 0.15) is 0 Å². The molecule has 3 heteroatoms. The van der Waals surface area contributed by atoms with Crippen LogP contribution in [0.2, 0.25) is 0 Å². The van der Waals surface area contributed by atoms with Crippen molar-refractivity contribution in [3.05, 3.63) is 0 Å². The van der Waals surface area contributed by atoms with Crippen LogP contribution in [0.3, 0.4) is 0 Å². The fourth-order valence-electron chi connectivity index (χ4n) is 1.21. The first kappa shape index (κ1) is 8.53. The monoisotopic (exact) mass is 157 g/mol. The van der Waals surface area contributed by atoms with Gasteiger partial charge in [0.25, 0.3) is 0 Å². The lowest BCUT2D eigenvalue weighted by Crippen LogP contribution is -2.18. The largest absolute Gasteiger partial charge is 0.465 e. The highest BCUT2D eigenvalue weighted by Gasteiger charge is 2.25. The van der Waals surface area contributed by atoms with Crippen LogP contribution in [0.1, 0.15) is 12.8 Å². The Morgan fingerprint density at radius 1 is 1.64 bits per heavy atom. The molecule has 0 N–H and O–H groups in total. The van der Waals surface area contributed by atoms with E-state index >= 15 is 0 Å². The van der Waals surface area contributed by atoms with Crippen molar-refractivity contribution in [1.82, 2.24) is 4.90 Å². The number of ether oxygens (including phenoxy) is 1. The molecule has 0 bridgehead atoms. The topological polar surface area (TPSA) is 29.5 Å². The van der Waals surface area contributed by atoms with Gasteiger partial charge in [0.05, 0.1) is 12.5 Å². The molecule has 1 atom stereocenters. The SMILES string of the molecule is CN(C)CCC1CCOC1=O. The third-order valence-electron chi connectivity index (χ3n) is 1.97. The molecule has 0 aromatic heterocycles. The van der Waals surface area contributed by atoms with Crippen molar-refractivity contribution < 1.29 is 9.53 Å². The number of hydrogen-bond donors (Lipinski definition) is 0. The molecule has 0 aromatic carbocycles. The average Bonchev–Trinajstić information content (AvgIpc) is 2.31. The summed E-state index contributed by atoms with van der Waals surface area (Å²) < 4.78 is 4.84. The molecule has 1 unspecified atom stereocenters. The van der Waals surface area contributed by atoms with E-state index in [0.29, 0.717) is 6.61 Å². The first-order chi connectivity index (χ1) is 5.20. The van der Waals surface area contributed by atoms with Crippen LogP contribution in [-0.2, 0) is 9.53 Å². The Labute approximate surface area is 67.3 Å². The van der Waals surface area contributed by atoms with E-state index in [9.17, 15) is 4.79 Å². The summed E-state index contributed by atoms with van der Waals surface area (Å²) >= 11 is 0.